The fourth-order valence-electron chi connectivity index (χ4n) is 3.38. The molecule has 0 saturated heterocycles. The largest absolute Gasteiger partial charge is 0.455 e. The molecule has 0 aliphatic carbocycles. The van der Waals surface area contributed by atoms with Crippen LogP contribution in [0, 0.1) is 13.8 Å². The lowest BCUT2D eigenvalue weighted by molar-refractivity contribution is -0.124. The van der Waals surface area contributed by atoms with Gasteiger partial charge in [-0.05, 0) is 67.4 Å². The lowest BCUT2D eigenvalue weighted by Gasteiger charge is -2.11. The monoisotopic (exact) mass is 469 g/mol. The number of nitrogens with zero attached hydrogens (tertiary/aromatic N) is 3. The number of methoxy groups -OCH3 is 1. The molecule has 178 valence electrons. The van der Waals surface area contributed by atoms with Gasteiger partial charge in [0.05, 0.1) is 11.7 Å². The minimum Gasteiger partial charge on any atom is -0.455 e. The van der Waals surface area contributed by atoms with Gasteiger partial charge in [-0.15, -0.1) is 0 Å². The molecule has 0 aliphatic rings. The maximum atomic E-state index is 11.4. The van der Waals surface area contributed by atoms with Crippen LogP contribution in [0.15, 0.2) is 67.0 Å². The molecule has 4 rings (SSSR count). The first-order chi connectivity index (χ1) is 17.0. The highest BCUT2D eigenvalue weighted by Gasteiger charge is 2.06. The number of aromatic nitrogens is 3. The van der Waals surface area contributed by atoms with Gasteiger partial charge in [0.25, 0.3) is 0 Å². The van der Waals surface area contributed by atoms with Gasteiger partial charge in [-0.25, -0.2) is 9.97 Å². The summed E-state index contributed by atoms with van der Waals surface area (Å²) in [6.45, 7) is 4.42. The Hall–Kier alpha value is -4.30. The minimum atomic E-state index is -0.148. The third-order valence-electron chi connectivity index (χ3n) is 5.15. The smallest absolute Gasteiger partial charge is 0.246 e. The lowest BCUT2D eigenvalue weighted by atomic mass is 10.1. The predicted octanol–water partition coefficient (Wildman–Crippen LogP) is 4.95. The molecule has 2 heterocycles. The summed E-state index contributed by atoms with van der Waals surface area (Å²) in [7, 11) is 1.49. The zero-order chi connectivity index (χ0) is 24.6. The van der Waals surface area contributed by atoms with Crippen molar-refractivity contribution < 1.29 is 14.3 Å². The molecule has 4 aromatic rings. The molecule has 2 N–H and O–H groups in total. The summed E-state index contributed by atoms with van der Waals surface area (Å²) in [5, 5.41) is 6.93. The molecule has 35 heavy (non-hydrogen) atoms. The number of benzene rings is 2. The summed E-state index contributed by atoms with van der Waals surface area (Å²) in [5.41, 5.74) is 4.62. The molecule has 0 unspecified atom stereocenters. The molecule has 0 fully saturated rings. The van der Waals surface area contributed by atoms with Crippen molar-refractivity contribution in [2.24, 2.45) is 0 Å². The Morgan fingerprint density at radius 2 is 1.91 bits per heavy atom. The summed E-state index contributed by atoms with van der Waals surface area (Å²) in [6, 6.07) is 15.6. The second kappa shape index (κ2) is 11.2. The Labute approximate surface area is 204 Å². The Balaban J connectivity index is 1.40. The topological polar surface area (TPSA) is 98.3 Å². The first-order valence-corrected chi connectivity index (χ1v) is 11.2. The Morgan fingerprint density at radius 3 is 2.69 bits per heavy atom. The van der Waals surface area contributed by atoms with Gasteiger partial charge < -0.3 is 20.1 Å². The second-order valence-electron chi connectivity index (χ2n) is 7.99. The van der Waals surface area contributed by atoms with Crippen LogP contribution in [-0.2, 0) is 9.53 Å². The Bertz CT molecular complexity index is 1350. The molecule has 0 atom stereocenters. The third kappa shape index (κ3) is 6.61. The fourth-order valence-corrected chi connectivity index (χ4v) is 3.38. The highest BCUT2D eigenvalue weighted by molar-refractivity contribution is 5.82. The SMILES string of the molecule is COCC(=O)NCC=Cc1ccc2nc(Nc3ccc(Oc4ccc(C)nc4)c(C)c3)ncc2c1. The summed E-state index contributed by atoms with van der Waals surface area (Å²) < 4.78 is 10.7. The van der Waals surface area contributed by atoms with Gasteiger partial charge in [-0.2, -0.15) is 0 Å². The lowest BCUT2D eigenvalue weighted by Crippen LogP contribution is -2.26. The van der Waals surface area contributed by atoms with Crippen LogP contribution in [0.25, 0.3) is 17.0 Å². The van der Waals surface area contributed by atoms with E-state index in [0.29, 0.717) is 18.2 Å². The van der Waals surface area contributed by atoms with E-state index in [1.807, 2.05) is 74.5 Å². The van der Waals surface area contributed by atoms with E-state index in [9.17, 15) is 4.79 Å². The molecule has 0 saturated carbocycles. The van der Waals surface area contributed by atoms with Crippen molar-refractivity contribution in [2.75, 3.05) is 25.6 Å². The van der Waals surface area contributed by atoms with Crippen molar-refractivity contribution in [1.29, 1.82) is 0 Å². The van der Waals surface area contributed by atoms with E-state index in [4.69, 9.17) is 9.47 Å². The summed E-state index contributed by atoms with van der Waals surface area (Å²) in [6.07, 6.45) is 7.33. The van der Waals surface area contributed by atoms with Gasteiger partial charge in [-0.1, -0.05) is 18.2 Å². The van der Waals surface area contributed by atoms with Crippen molar-refractivity contribution in [3.63, 3.8) is 0 Å². The van der Waals surface area contributed by atoms with E-state index in [-0.39, 0.29) is 12.5 Å². The molecular weight excluding hydrogens is 442 g/mol. The first kappa shape index (κ1) is 23.8. The van der Waals surface area contributed by atoms with E-state index in [2.05, 4.69) is 25.6 Å². The van der Waals surface area contributed by atoms with E-state index in [0.717, 1.165) is 39.2 Å². The van der Waals surface area contributed by atoms with E-state index in [1.54, 1.807) is 12.4 Å². The maximum absolute atomic E-state index is 11.4. The predicted molar refractivity (Wildman–Crippen MR) is 137 cm³/mol. The van der Waals surface area contributed by atoms with E-state index in [1.165, 1.54) is 7.11 Å². The summed E-state index contributed by atoms with van der Waals surface area (Å²) in [5.74, 6) is 1.82. The third-order valence-corrected chi connectivity index (χ3v) is 5.15. The average molecular weight is 470 g/mol. The first-order valence-electron chi connectivity index (χ1n) is 11.2. The molecule has 2 aromatic heterocycles. The average Bonchev–Trinajstić information content (AvgIpc) is 2.85. The number of hydrogen-bond acceptors (Lipinski definition) is 7. The van der Waals surface area contributed by atoms with Crippen LogP contribution < -0.4 is 15.4 Å². The number of nitrogens with one attached hydrogen (secondary N) is 2. The summed E-state index contributed by atoms with van der Waals surface area (Å²) in [4.78, 5) is 24.8. The molecule has 1 amide bonds. The number of pyridine rings is 1. The van der Waals surface area contributed by atoms with Crippen LogP contribution in [0.1, 0.15) is 16.8 Å². The highest BCUT2D eigenvalue weighted by Crippen LogP contribution is 2.28. The van der Waals surface area contributed by atoms with Gasteiger partial charge in [0, 0.05) is 36.6 Å². The number of fused-ring (bicyclic) bond motifs is 1. The number of ether oxygens (including phenoxy) is 2. The molecule has 0 bridgehead atoms. The maximum Gasteiger partial charge on any atom is 0.246 e. The minimum absolute atomic E-state index is 0.0557. The number of aryl methyl sites for hydroxylation is 2. The number of amides is 1. The number of carbonyl (C=O) groups is 1. The number of rotatable bonds is 9. The van der Waals surface area contributed by atoms with Gasteiger partial charge in [0.2, 0.25) is 11.9 Å². The quantitative estimate of drug-likeness (QED) is 0.358. The Morgan fingerprint density at radius 1 is 1.03 bits per heavy atom. The van der Waals surface area contributed by atoms with Crippen LogP contribution in [0.3, 0.4) is 0 Å². The fraction of sp³-hybridized carbons (Fsp3) is 0.185. The highest BCUT2D eigenvalue weighted by atomic mass is 16.5. The zero-order valence-corrected chi connectivity index (χ0v) is 19.9. The molecule has 0 spiro atoms. The van der Waals surface area contributed by atoms with Gasteiger partial charge in [0.15, 0.2) is 0 Å². The van der Waals surface area contributed by atoms with Gasteiger partial charge in [0.1, 0.15) is 18.1 Å². The van der Waals surface area contributed by atoms with Crippen molar-refractivity contribution in [3.05, 3.63) is 83.8 Å². The van der Waals surface area contributed by atoms with Gasteiger partial charge in [-0.3, -0.25) is 9.78 Å². The van der Waals surface area contributed by atoms with Crippen LogP contribution in [0.5, 0.6) is 11.5 Å². The van der Waals surface area contributed by atoms with Crippen LogP contribution in [0.4, 0.5) is 11.6 Å². The number of anilines is 2. The van der Waals surface area contributed by atoms with E-state index < -0.39 is 0 Å². The molecule has 2 aromatic carbocycles. The van der Waals surface area contributed by atoms with Crippen molar-refractivity contribution in [2.45, 2.75) is 13.8 Å². The molecular formula is C27H27N5O3. The standard InChI is InChI=1S/C27H27N5O3/c1-18-13-22(8-11-25(18)35-23-9-6-19(2)29-16-23)31-27-30-15-21-14-20(7-10-24(21)32-27)5-4-12-28-26(33)17-34-3/h4-11,13-16H,12,17H2,1-3H3,(H,28,33)(H,30,31,32). The molecule has 0 radical (unpaired) electrons. The number of hydrogen-bond donors (Lipinski definition) is 2. The van der Waals surface area contributed by atoms with Crippen molar-refractivity contribution in [1.82, 2.24) is 20.3 Å². The van der Waals surface area contributed by atoms with Crippen molar-refractivity contribution in [3.8, 4) is 11.5 Å². The van der Waals surface area contributed by atoms with Gasteiger partial charge >= 0.3 is 0 Å². The number of carbonyl (C=O) groups excluding carboxylic acids is 1. The van der Waals surface area contributed by atoms with Crippen LogP contribution in [-0.4, -0.2) is 41.1 Å². The normalized spacial score (nSPS) is 11.1. The van der Waals surface area contributed by atoms with Crippen LogP contribution >= 0.6 is 0 Å². The van der Waals surface area contributed by atoms with Crippen molar-refractivity contribution >= 4 is 34.5 Å². The second-order valence-corrected chi connectivity index (χ2v) is 7.99. The van der Waals surface area contributed by atoms with Crippen LogP contribution in [0.2, 0.25) is 0 Å². The Kier molecular flexibility index (Phi) is 7.64. The molecule has 8 nitrogen and oxygen atoms in total. The zero-order valence-electron chi connectivity index (χ0n) is 19.9. The van der Waals surface area contributed by atoms with E-state index >= 15 is 0 Å². The molecule has 8 heteroatoms. The molecule has 0 aliphatic heterocycles. The summed E-state index contributed by atoms with van der Waals surface area (Å²) >= 11 is 0.